The first-order valence-corrected chi connectivity index (χ1v) is 7.28. The van der Waals surface area contributed by atoms with Gasteiger partial charge in [-0.05, 0) is 31.0 Å². The molecule has 0 radical (unpaired) electrons. The van der Waals surface area contributed by atoms with Crippen molar-refractivity contribution in [3.05, 3.63) is 29.8 Å². The molecule has 0 aromatic heterocycles. The Hall–Kier alpha value is -0.910. The van der Waals surface area contributed by atoms with Crippen molar-refractivity contribution in [3.8, 4) is 0 Å². The summed E-state index contributed by atoms with van der Waals surface area (Å²) in [6, 6.07) is 7.03. The summed E-state index contributed by atoms with van der Waals surface area (Å²) < 4.78 is 27.2. The van der Waals surface area contributed by atoms with Gasteiger partial charge in [0.2, 0.25) is 10.0 Å². The molecule has 1 aliphatic rings. The van der Waals surface area contributed by atoms with Gasteiger partial charge in [0, 0.05) is 12.6 Å². The highest BCUT2D eigenvalue weighted by Crippen LogP contribution is 2.17. The van der Waals surface area contributed by atoms with Crippen LogP contribution in [0.5, 0.6) is 0 Å². The molecule has 0 aliphatic carbocycles. The molecule has 0 saturated carbocycles. The lowest BCUT2D eigenvalue weighted by Gasteiger charge is -2.17. The van der Waals surface area contributed by atoms with Crippen LogP contribution in [0.1, 0.15) is 12.5 Å². The lowest BCUT2D eigenvalue weighted by molar-refractivity contribution is 0.502. The van der Waals surface area contributed by atoms with Crippen molar-refractivity contribution in [1.29, 1.82) is 0 Å². The molecule has 0 bridgehead atoms. The van der Waals surface area contributed by atoms with Crippen LogP contribution in [0, 0.1) is 12.8 Å². The van der Waals surface area contributed by atoms with Crippen LogP contribution in [0.25, 0.3) is 0 Å². The van der Waals surface area contributed by atoms with E-state index in [0.29, 0.717) is 17.4 Å². The van der Waals surface area contributed by atoms with E-state index in [9.17, 15) is 8.42 Å². The summed E-state index contributed by atoms with van der Waals surface area (Å²) in [7, 11) is -3.40. The first-order chi connectivity index (χ1) is 8.00. The van der Waals surface area contributed by atoms with Crippen molar-refractivity contribution < 1.29 is 8.42 Å². The van der Waals surface area contributed by atoms with Gasteiger partial charge in [-0.2, -0.15) is 0 Å². The number of hydrogen-bond acceptors (Lipinski definition) is 3. The van der Waals surface area contributed by atoms with Crippen LogP contribution in [0.4, 0.5) is 0 Å². The molecule has 2 N–H and O–H groups in total. The van der Waals surface area contributed by atoms with E-state index in [1.807, 2.05) is 26.0 Å². The van der Waals surface area contributed by atoms with E-state index in [2.05, 4.69) is 10.0 Å². The molecule has 0 amide bonds. The number of sulfonamides is 1. The molecule has 1 aromatic carbocycles. The molecular formula is C12H18N2O2S. The van der Waals surface area contributed by atoms with Gasteiger partial charge in [-0.15, -0.1) is 0 Å². The van der Waals surface area contributed by atoms with E-state index < -0.39 is 10.0 Å². The van der Waals surface area contributed by atoms with Gasteiger partial charge in [-0.25, -0.2) is 13.1 Å². The highest BCUT2D eigenvalue weighted by Gasteiger charge is 2.28. The van der Waals surface area contributed by atoms with E-state index in [-0.39, 0.29) is 6.04 Å². The monoisotopic (exact) mass is 254 g/mol. The second-order valence-corrected chi connectivity index (χ2v) is 6.31. The first-order valence-electron chi connectivity index (χ1n) is 5.79. The molecule has 2 rings (SSSR count). The van der Waals surface area contributed by atoms with Crippen LogP contribution in [0.15, 0.2) is 29.2 Å². The third-order valence-electron chi connectivity index (χ3n) is 3.21. The minimum absolute atomic E-state index is 0.0143. The summed E-state index contributed by atoms with van der Waals surface area (Å²) in [4.78, 5) is 0.374. The summed E-state index contributed by atoms with van der Waals surface area (Å²) in [6.07, 6.45) is 0. The van der Waals surface area contributed by atoms with Crippen molar-refractivity contribution in [2.24, 2.45) is 5.92 Å². The number of hydrogen-bond donors (Lipinski definition) is 2. The predicted molar refractivity (Wildman–Crippen MR) is 67.3 cm³/mol. The Kier molecular flexibility index (Phi) is 3.51. The predicted octanol–water partition coefficient (Wildman–Crippen LogP) is 0.881. The molecule has 17 heavy (non-hydrogen) atoms. The zero-order valence-corrected chi connectivity index (χ0v) is 10.9. The average Bonchev–Trinajstić information content (AvgIpc) is 2.64. The molecule has 94 valence electrons. The second kappa shape index (κ2) is 4.76. The normalized spacial score (nSPS) is 25.1. The number of aryl methyl sites for hydroxylation is 1. The smallest absolute Gasteiger partial charge is 0.241 e. The molecule has 5 heteroatoms. The maximum atomic E-state index is 12.2. The summed E-state index contributed by atoms with van der Waals surface area (Å²) in [5.41, 5.74) is 0.776. The molecule has 1 aliphatic heterocycles. The van der Waals surface area contributed by atoms with Gasteiger partial charge in [0.1, 0.15) is 0 Å². The Morgan fingerprint density at radius 1 is 1.29 bits per heavy atom. The minimum Gasteiger partial charge on any atom is -0.315 e. The van der Waals surface area contributed by atoms with Crippen LogP contribution >= 0.6 is 0 Å². The summed E-state index contributed by atoms with van der Waals surface area (Å²) in [6.45, 7) is 5.42. The maximum absolute atomic E-state index is 12.2. The Morgan fingerprint density at radius 3 is 2.59 bits per heavy atom. The van der Waals surface area contributed by atoms with Crippen LogP contribution in [-0.2, 0) is 10.0 Å². The molecular weight excluding hydrogens is 236 g/mol. The zero-order chi connectivity index (χ0) is 12.5. The Balaban J connectivity index is 2.22. The third kappa shape index (κ3) is 2.68. The highest BCUT2D eigenvalue weighted by molar-refractivity contribution is 7.89. The Morgan fingerprint density at radius 2 is 2.00 bits per heavy atom. The molecule has 2 atom stereocenters. The van der Waals surface area contributed by atoms with E-state index in [1.165, 1.54) is 0 Å². The van der Waals surface area contributed by atoms with Crippen molar-refractivity contribution >= 4 is 10.0 Å². The van der Waals surface area contributed by atoms with Gasteiger partial charge in [-0.3, -0.25) is 0 Å². The van der Waals surface area contributed by atoms with Gasteiger partial charge < -0.3 is 5.32 Å². The zero-order valence-electron chi connectivity index (χ0n) is 10.1. The largest absolute Gasteiger partial charge is 0.315 e. The van der Waals surface area contributed by atoms with Crippen LogP contribution < -0.4 is 10.0 Å². The number of benzene rings is 1. The summed E-state index contributed by atoms with van der Waals surface area (Å²) in [5.74, 6) is 0.328. The maximum Gasteiger partial charge on any atom is 0.241 e. The van der Waals surface area contributed by atoms with E-state index in [1.54, 1.807) is 12.1 Å². The molecule has 4 nitrogen and oxygen atoms in total. The average molecular weight is 254 g/mol. The van der Waals surface area contributed by atoms with Crippen molar-refractivity contribution in [1.82, 2.24) is 10.0 Å². The standard InChI is InChI=1S/C12H18N2O2S/c1-9-5-3-4-6-12(9)17(15,16)14-11-8-13-7-10(11)2/h3-6,10-11,13-14H,7-8H2,1-2H3. The van der Waals surface area contributed by atoms with Crippen molar-refractivity contribution in [3.63, 3.8) is 0 Å². The van der Waals surface area contributed by atoms with Gasteiger partial charge in [-0.1, -0.05) is 25.1 Å². The Bertz CT molecular complexity index is 499. The topological polar surface area (TPSA) is 58.2 Å². The van der Waals surface area contributed by atoms with E-state index in [0.717, 1.165) is 12.1 Å². The van der Waals surface area contributed by atoms with Gasteiger partial charge >= 0.3 is 0 Å². The van der Waals surface area contributed by atoms with Crippen molar-refractivity contribution in [2.75, 3.05) is 13.1 Å². The van der Waals surface area contributed by atoms with Crippen LogP contribution in [-0.4, -0.2) is 27.5 Å². The van der Waals surface area contributed by atoms with Crippen LogP contribution in [0.3, 0.4) is 0 Å². The lowest BCUT2D eigenvalue weighted by Crippen LogP contribution is -2.39. The fourth-order valence-corrected chi connectivity index (χ4v) is 3.68. The highest BCUT2D eigenvalue weighted by atomic mass is 32.2. The quantitative estimate of drug-likeness (QED) is 0.842. The van der Waals surface area contributed by atoms with Gasteiger partial charge in [0.25, 0.3) is 0 Å². The molecule has 1 heterocycles. The van der Waals surface area contributed by atoms with Gasteiger partial charge in [0.05, 0.1) is 4.90 Å². The first kappa shape index (κ1) is 12.5. The Labute approximate surface area is 102 Å². The van der Waals surface area contributed by atoms with Crippen molar-refractivity contribution in [2.45, 2.75) is 24.8 Å². The molecule has 1 saturated heterocycles. The third-order valence-corrected chi connectivity index (χ3v) is 4.86. The molecule has 1 aromatic rings. The van der Waals surface area contributed by atoms with E-state index >= 15 is 0 Å². The fourth-order valence-electron chi connectivity index (χ4n) is 2.09. The van der Waals surface area contributed by atoms with Gasteiger partial charge in [0.15, 0.2) is 0 Å². The molecule has 1 fully saturated rings. The minimum atomic E-state index is -3.40. The summed E-state index contributed by atoms with van der Waals surface area (Å²) >= 11 is 0. The van der Waals surface area contributed by atoms with Crippen LogP contribution in [0.2, 0.25) is 0 Å². The molecule has 0 spiro atoms. The SMILES string of the molecule is Cc1ccccc1S(=O)(=O)NC1CNCC1C. The number of rotatable bonds is 3. The summed E-state index contributed by atoms with van der Waals surface area (Å²) in [5, 5.41) is 3.18. The van der Waals surface area contributed by atoms with E-state index in [4.69, 9.17) is 0 Å². The second-order valence-electron chi connectivity index (χ2n) is 4.63. The fraction of sp³-hybridized carbons (Fsp3) is 0.500. The molecule has 2 unspecified atom stereocenters. The number of nitrogens with one attached hydrogen (secondary N) is 2. The lowest BCUT2D eigenvalue weighted by atomic mass is 10.1.